The first-order valence-electron chi connectivity index (χ1n) is 9.76. The van der Waals surface area contributed by atoms with Crippen molar-refractivity contribution in [1.29, 1.82) is 0 Å². The van der Waals surface area contributed by atoms with Crippen LogP contribution in [0.1, 0.15) is 38.3 Å². The molecule has 1 N–H and O–H groups in total. The fourth-order valence-corrected chi connectivity index (χ4v) is 3.55. The van der Waals surface area contributed by atoms with E-state index in [1.165, 1.54) is 25.0 Å². The zero-order chi connectivity index (χ0) is 18.8. The molecule has 0 bridgehead atoms. The summed E-state index contributed by atoms with van der Waals surface area (Å²) in [6, 6.07) is 9.91. The van der Waals surface area contributed by atoms with Crippen LogP contribution in [0.4, 0.5) is 11.5 Å². The zero-order valence-electron chi connectivity index (χ0n) is 15.6. The molecule has 0 spiro atoms. The van der Waals surface area contributed by atoms with E-state index in [0.29, 0.717) is 11.9 Å². The van der Waals surface area contributed by atoms with Crippen molar-refractivity contribution < 1.29 is 4.92 Å². The van der Waals surface area contributed by atoms with Gasteiger partial charge in [-0.1, -0.05) is 6.92 Å². The lowest BCUT2D eigenvalue weighted by atomic mass is 10.0. The molecule has 7 nitrogen and oxygen atoms in total. The van der Waals surface area contributed by atoms with Gasteiger partial charge in [0.1, 0.15) is 5.82 Å². The van der Waals surface area contributed by atoms with Gasteiger partial charge in [0.15, 0.2) is 5.82 Å². The van der Waals surface area contributed by atoms with Crippen LogP contribution in [0.15, 0.2) is 30.3 Å². The van der Waals surface area contributed by atoms with Crippen LogP contribution in [0.5, 0.6) is 0 Å². The number of rotatable bonds is 6. The van der Waals surface area contributed by atoms with E-state index in [2.05, 4.69) is 28.2 Å². The van der Waals surface area contributed by atoms with Crippen LogP contribution in [0, 0.1) is 10.1 Å². The molecule has 1 aliphatic heterocycles. The highest BCUT2D eigenvalue weighted by molar-refractivity contribution is 5.60. The van der Waals surface area contributed by atoms with Crippen molar-refractivity contribution in [3.8, 4) is 11.4 Å². The summed E-state index contributed by atoms with van der Waals surface area (Å²) in [5.41, 5.74) is 1.88. The Morgan fingerprint density at radius 2 is 1.78 bits per heavy atom. The van der Waals surface area contributed by atoms with E-state index in [0.717, 1.165) is 55.5 Å². The molecule has 142 valence electrons. The Balaban J connectivity index is 1.53. The van der Waals surface area contributed by atoms with E-state index in [4.69, 9.17) is 4.98 Å². The molecular formula is C20H25N5O2. The minimum absolute atomic E-state index is 0.0795. The summed E-state index contributed by atoms with van der Waals surface area (Å²) < 4.78 is 0. The molecular weight excluding hydrogens is 342 g/mol. The average molecular weight is 367 g/mol. The van der Waals surface area contributed by atoms with Crippen molar-refractivity contribution in [3.63, 3.8) is 0 Å². The van der Waals surface area contributed by atoms with E-state index >= 15 is 0 Å². The Morgan fingerprint density at radius 1 is 1.11 bits per heavy atom. The van der Waals surface area contributed by atoms with Gasteiger partial charge in [-0.25, -0.2) is 9.97 Å². The van der Waals surface area contributed by atoms with Crippen LogP contribution < -0.4 is 10.2 Å². The lowest BCUT2D eigenvalue weighted by Gasteiger charge is -2.33. The molecule has 0 unspecified atom stereocenters. The zero-order valence-corrected chi connectivity index (χ0v) is 15.6. The van der Waals surface area contributed by atoms with Gasteiger partial charge in [-0.3, -0.25) is 10.1 Å². The molecule has 0 atom stereocenters. The summed E-state index contributed by atoms with van der Waals surface area (Å²) in [7, 11) is 0. The summed E-state index contributed by atoms with van der Waals surface area (Å²) in [4.78, 5) is 22.2. The minimum Gasteiger partial charge on any atom is -0.356 e. The molecule has 1 aromatic heterocycles. The highest BCUT2D eigenvalue weighted by Gasteiger charge is 2.27. The second-order valence-corrected chi connectivity index (χ2v) is 7.40. The van der Waals surface area contributed by atoms with E-state index in [1.54, 1.807) is 12.1 Å². The molecule has 0 amide bonds. The third-order valence-corrected chi connectivity index (χ3v) is 5.33. The molecule has 27 heavy (non-hydrogen) atoms. The lowest BCUT2D eigenvalue weighted by molar-refractivity contribution is -0.384. The van der Waals surface area contributed by atoms with Gasteiger partial charge in [-0.15, -0.1) is 0 Å². The van der Waals surface area contributed by atoms with Gasteiger partial charge in [0.05, 0.1) is 4.92 Å². The quantitative estimate of drug-likeness (QED) is 0.623. The first-order chi connectivity index (χ1) is 13.1. The Morgan fingerprint density at radius 3 is 2.37 bits per heavy atom. The van der Waals surface area contributed by atoms with Crippen LogP contribution in [0.3, 0.4) is 0 Å². The predicted octanol–water partition coefficient (Wildman–Crippen LogP) is 3.34. The van der Waals surface area contributed by atoms with Gasteiger partial charge in [0, 0.05) is 54.6 Å². The predicted molar refractivity (Wildman–Crippen MR) is 105 cm³/mol. The van der Waals surface area contributed by atoms with Crippen molar-refractivity contribution in [2.24, 2.45) is 0 Å². The van der Waals surface area contributed by atoms with Gasteiger partial charge >= 0.3 is 0 Å². The maximum absolute atomic E-state index is 10.9. The molecule has 1 saturated carbocycles. The number of nitrogens with one attached hydrogen (secondary N) is 1. The molecule has 1 aliphatic carbocycles. The Bertz CT molecular complexity index is 812. The third-order valence-electron chi connectivity index (χ3n) is 5.33. The molecule has 2 aromatic rings. The van der Waals surface area contributed by atoms with Gasteiger partial charge in [0.2, 0.25) is 0 Å². The van der Waals surface area contributed by atoms with E-state index in [-0.39, 0.29) is 5.69 Å². The Kier molecular flexibility index (Phi) is 5.03. The van der Waals surface area contributed by atoms with Crippen LogP contribution in [0.25, 0.3) is 11.4 Å². The largest absolute Gasteiger partial charge is 0.356 e. The van der Waals surface area contributed by atoms with Crippen molar-refractivity contribution in [1.82, 2.24) is 15.3 Å². The number of anilines is 1. The number of nitro benzene ring substituents is 1. The molecule has 0 radical (unpaired) electrons. The lowest BCUT2D eigenvalue weighted by Crippen LogP contribution is -2.43. The number of nitrogens with zero attached hydrogens (tertiary/aromatic N) is 4. The highest BCUT2D eigenvalue weighted by atomic mass is 16.6. The van der Waals surface area contributed by atoms with Crippen LogP contribution in [-0.2, 0) is 6.42 Å². The van der Waals surface area contributed by atoms with Gasteiger partial charge < -0.3 is 10.2 Å². The number of non-ortho nitro benzene ring substituents is 1. The maximum atomic E-state index is 10.9. The van der Waals surface area contributed by atoms with Crippen molar-refractivity contribution in [3.05, 3.63) is 46.1 Å². The summed E-state index contributed by atoms with van der Waals surface area (Å²) >= 11 is 0. The second kappa shape index (κ2) is 7.60. The van der Waals surface area contributed by atoms with Gasteiger partial charge in [0.25, 0.3) is 5.69 Å². The van der Waals surface area contributed by atoms with Crippen LogP contribution in [0.2, 0.25) is 0 Å². The Labute approximate surface area is 159 Å². The molecule has 7 heteroatoms. The van der Waals surface area contributed by atoms with Crippen LogP contribution in [-0.4, -0.2) is 40.1 Å². The first kappa shape index (κ1) is 17.9. The van der Waals surface area contributed by atoms with Gasteiger partial charge in [-0.2, -0.15) is 0 Å². The van der Waals surface area contributed by atoms with E-state index < -0.39 is 4.92 Å². The summed E-state index contributed by atoms with van der Waals surface area (Å²) in [5.74, 6) is 1.59. The molecule has 2 aliphatic rings. The number of aromatic nitrogens is 2. The molecule has 1 saturated heterocycles. The third kappa shape index (κ3) is 4.24. The van der Waals surface area contributed by atoms with Gasteiger partial charge in [-0.05, 0) is 44.2 Å². The number of nitro groups is 1. The fraction of sp³-hybridized carbons (Fsp3) is 0.500. The van der Waals surface area contributed by atoms with Crippen molar-refractivity contribution in [2.45, 2.75) is 51.1 Å². The monoisotopic (exact) mass is 367 g/mol. The van der Waals surface area contributed by atoms with Crippen molar-refractivity contribution in [2.75, 3.05) is 18.0 Å². The Hall–Kier alpha value is -2.54. The fourth-order valence-electron chi connectivity index (χ4n) is 3.55. The highest BCUT2D eigenvalue weighted by Crippen LogP contribution is 2.26. The smallest absolute Gasteiger partial charge is 0.269 e. The average Bonchev–Trinajstić information content (AvgIpc) is 3.52. The van der Waals surface area contributed by atoms with E-state index in [9.17, 15) is 10.1 Å². The normalized spacial score (nSPS) is 17.9. The van der Waals surface area contributed by atoms with E-state index in [1.807, 2.05) is 0 Å². The standard InChI is InChI=1S/C20H25N5O2/c1-2-15-13-19(24-11-9-17(10-12-24)21-16-5-6-16)23-20(22-15)14-3-7-18(8-4-14)25(26)27/h3-4,7-8,13,16-17,21H,2,5-6,9-12H2,1H3. The first-order valence-corrected chi connectivity index (χ1v) is 9.76. The SMILES string of the molecule is CCc1cc(N2CCC(NC3CC3)CC2)nc(-c2ccc([N+](=O)[O-])cc2)n1. The number of piperidine rings is 1. The molecule has 2 fully saturated rings. The van der Waals surface area contributed by atoms with Crippen LogP contribution >= 0.6 is 0 Å². The maximum Gasteiger partial charge on any atom is 0.269 e. The second-order valence-electron chi connectivity index (χ2n) is 7.40. The number of benzene rings is 1. The van der Waals surface area contributed by atoms with Crippen molar-refractivity contribution >= 4 is 11.5 Å². The summed E-state index contributed by atoms with van der Waals surface area (Å²) in [6.07, 6.45) is 5.74. The molecule has 4 rings (SSSR count). The number of hydrogen-bond donors (Lipinski definition) is 1. The number of aryl methyl sites for hydroxylation is 1. The summed E-state index contributed by atoms with van der Waals surface area (Å²) in [6.45, 7) is 4.06. The topological polar surface area (TPSA) is 84.2 Å². The summed E-state index contributed by atoms with van der Waals surface area (Å²) in [5, 5.41) is 14.6. The minimum atomic E-state index is -0.391. The molecule has 1 aromatic carbocycles. The molecule has 2 heterocycles. The number of hydrogen-bond acceptors (Lipinski definition) is 6.